The first-order chi connectivity index (χ1) is 14.3. The van der Waals surface area contributed by atoms with Gasteiger partial charge in [-0.15, -0.1) is 0 Å². The number of nitro benzene ring substituents is 1. The Kier molecular flexibility index (Phi) is 7.68. The van der Waals surface area contributed by atoms with Crippen LogP contribution in [0, 0.1) is 10.1 Å². The molecule has 1 aliphatic heterocycles. The minimum atomic E-state index is -0.908. The molecule has 1 saturated heterocycles. The third-order valence-corrected chi connectivity index (χ3v) is 4.92. The highest BCUT2D eigenvalue weighted by molar-refractivity contribution is 6.40. The molecule has 3 N–H and O–H groups in total. The summed E-state index contributed by atoms with van der Waals surface area (Å²) in [6, 6.07) is 1.22. The number of benzene rings is 1. The van der Waals surface area contributed by atoms with Crippen LogP contribution in [0.3, 0.4) is 0 Å². The van der Waals surface area contributed by atoms with Gasteiger partial charge in [-0.25, -0.2) is 4.79 Å². The molecule has 1 fully saturated rings. The number of piperazine rings is 1. The van der Waals surface area contributed by atoms with E-state index in [4.69, 9.17) is 33.7 Å². The second-order valence-corrected chi connectivity index (χ2v) is 8.72. The number of ether oxygens (including phenoxy) is 1. The Morgan fingerprint density at radius 3 is 2.32 bits per heavy atom. The number of anilines is 1. The SMILES string of the molecule is CC(C)(C)OC(=O)N1CCN(CC(=O)Nc2c(Cl)cc([N+](=O)[O-])cc2Cl)[C@H](C(N)=O)C1. The Hall–Kier alpha value is -2.63. The number of rotatable bonds is 5. The summed E-state index contributed by atoms with van der Waals surface area (Å²) in [7, 11) is 0. The van der Waals surface area contributed by atoms with Gasteiger partial charge < -0.3 is 20.7 Å². The van der Waals surface area contributed by atoms with Crippen LogP contribution < -0.4 is 11.1 Å². The molecule has 0 radical (unpaired) electrons. The van der Waals surface area contributed by atoms with Gasteiger partial charge in [0.05, 0.1) is 27.2 Å². The first-order valence-corrected chi connectivity index (χ1v) is 9.98. The number of nitrogens with two attached hydrogens (primary N) is 1. The summed E-state index contributed by atoms with van der Waals surface area (Å²) < 4.78 is 5.31. The molecule has 3 amide bonds. The van der Waals surface area contributed by atoms with Crippen molar-refractivity contribution in [3.8, 4) is 0 Å². The Labute approximate surface area is 188 Å². The Morgan fingerprint density at radius 1 is 1.26 bits per heavy atom. The number of nitro groups is 1. The first kappa shape index (κ1) is 24.6. The maximum absolute atomic E-state index is 12.5. The molecule has 0 aliphatic carbocycles. The molecule has 170 valence electrons. The van der Waals surface area contributed by atoms with Crippen LogP contribution in [0.15, 0.2) is 12.1 Å². The van der Waals surface area contributed by atoms with Gasteiger partial charge in [-0.05, 0) is 20.8 Å². The van der Waals surface area contributed by atoms with Crippen molar-refractivity contribution in [1.82, 2.24) is 9.80 Å². The molecule has 1 aromatic carbocycles. The number of carbonyl (C=O) groups is 3. The van der Waals surface area contributed by atoms with E-state index in [2.05, 4.69) is 5.32 Å². The van der Waals surface area contributed by atoms with E-state index in [1.54, 1.807) is 20.8 Å². The molecule has 1 heterocycles. The molecule has 1 atom stereocenters. The first-order valence-electron chi connectivity index (χ1n) is 9.23. The van der Waals surface area contributed by atoms with E-state index in [9.17, 15) is 24.5 Å². The Bertz CT molecular complexity index is 881. The molecule has 31 heavy (non-hydrogen) atoms. The minimum absolute atomic E-state index is 0.0157. The van der Waals surface area contributed by atoms with Crippen LogP contribution in [-0.2, 0) is 14.3 Å². The zero-order chi connectivity index (χ0) is 23.5. The number of primary amides is 1. The highest BCUT2D eigenvalue weighted by atomic mass is 35.5. The third-order valence-electron chi connectivity index (χ3n) is 4.32. The standard InChI is InChI=1S/C18H23Cl2N5O6/c1-18(2,3)31-17(28)24-5-4-23(13(8-24)16(21)27)9-14(26)22-15-11(19)6-10(25(29)30)7-12(15)20/h6-7,13H,4-5,8-9H2,1-3H3,(H2,21,27)(H,22,26)/t13-/m0/s1. The van der Waals surface area contributed by atoms with Gasteiger partial charge in [-0.2, -0.15) is 0 Å². The van der Waals surface area contributed by atoms with Crippen molar-refractivity contribution in [2.45, 2.75) is 32.4 Å². The number of nitrogens with zero attached hydrogens (tertiary/aromatic N) is 3. The molecule has 0 unspecified atom stereocenters. The number of carbonyl (C=O) groups excluding carboxylic acids is 3. The van der Waals surface area contributed by atoms with Crippen molar-refractivity contribution < 1.29 is 24.0 Å². The molecule has 0 saturated carbocycles. The highest BCUT2D eigenvalue weighted by Crippen LogP contribution is 2.34. The maximum atomic E-state index is 12.5. The van der Waals surface area contributed by atoms with E-state index in [1.807, 2.05) is 0 Å². The minimum Gasteiger partial charge on any atom is -0.444 e. The van der Waals surface area contributed by atoms with Crippen molar-refractivity contribution in [3.63, 3.8) is 0 Å². The van der Waals surface area contributed by atoms with Gasteiger partial charge >= 0.3 is 6.09 Å². The summed E-state index contributed by atoms with van der Waals surface area (Å²) in [6.07, 6.45) is -0.577. The van der Waals surface area contributed by atoms with E-state index < -0.39 is 34.5 Å². The van der Waals surface area contributed by atoms with Crippen molar-refractivity contribution in [3.05, 3.63) is 32.3 Å². The predicted molar refractivity (Wildman–Crippen MR) is 114 cm³/mol. The van der Waals surface area contributed by atoms with E-state index in [1.165, 1.54) is 9.80 Å². The van der Waals surface area contributed by atoms with Gasteiger partial charge in [-0.3, -0.25) is 24.6 Å². The van der Waals surface area contributed by atoms with Crippen molar-refractivity contribution in [2.24, 2.45) is 5.73 Å². The predicted octanol–water partition coefficient (Wildman–Crippen LogP) is 2.25. The van der Waals surface area contributed by atoms with Gasteiger partial charge in [0.25, 0.3) is 5.69 Å². The maximum Gasteiger partial charge on any atom is 0.410 e. The fraction of sp³-hybridized carbons (Fsp3) is 0.500. The van der Waals surface area contributed by atoms with Gasteiger partial charge in [-0.1, -0.05) is 23.2 Å². The van der Waals surface area contributed by atoms with Crippen molar-refractivity contribution in [2.75, 3.05) is 31.5 Å². The topological polar surface area (TPSA) is 148 Å². The van der Waals surface area contributed by atoms with Crippen LogP contribution in [0.1, 0.15) is 20.8 Å². The van der Waals surface area contributed by atoms with Crippen molar-refractivity contribution in [1.29, 1.82) is 0 Å². The van der Waals surface area contributed by atoms with E-state index in [0.29, 0.717) is 0 Å². The van der Waals surface area contributed by atoms with Gasteiger partial charge in [0.2, 0.25) is 11.8 Å². The number of halogens is 2. The molecular weight excluding hydrogens is 453 g/mol. The summed E-state index contributed by atoms with van der Waals surface area (Å²) >= 11 is 12.0. The normalized spacial score (nSPS) is 17.2. The molecule has 0 spiro atoms. The lowest BCUT2D eigenvalue weighted by Crippen LogP contribution is -2.60. The van der Waals surface area contributed by atoms with Gasteiger partial charge in [0.15, 0.2) is 0 Å². The lowest BCUT2D eigenvalue weighted by Gasteiger charge is -2.39. The molecular formula is C18H23Cl2N5O6. The lowest BCUT2D eigenvalue weighted by molar-refractivity contribution is -0.384. The van der Waals surface area contributed by atoms with E-state index in [0.717, 1.165) is 12.1 Å². The number of nitrogens with one attached hydrogen (secondary N) is 1. The smallest absolute Gasteiger partial charge is 0.410 e. The number of non-ortho nitro benzene ring substituents is 1. The average Bonchev–Trinajstić information content (AvgIpc) is 2.63. The summed E-state index contributed by atoms with van der Waals surface area (Å²) in [6.45, 7) is 5.34. The number of amides is 3. The summed E-state index contributed by atoms with van der Waals surface area (Å²) in [5, 5.41) is 13.2. The van der Waals surface area contributed by atoms with Crippen LogP contribution in [0.2, 0.25) is 10.0 Å². The molecule has 11 nitrogen and oxygen atoms in total. The summed E-state index contributed by atoms with van der Waals surface area (Å²) in [5.41, 5.74) is 4.47. The van der Waals surface area contributed by atoms with Crippen LogP contribution in [0.5, 0.6) is 0 Å². The molecule has 0 aromatic heterocycles. The fourth-order valence-corrected chi connectivity index (χ4v) is 3.49. The van der Waals surface area contributed by atoms with Gasteiger partial charge in [0.1, 0.15) is 11.6 Å². The zero-order valence-corrected chi connectivity index (χ0v) is 18.7. The second-order valence-electron chi connectivity index (χ2n) is 7.90. The Balaban J connectivity index is 2.07. The largest absolute Gasteiger partial charge is 0.444 e. The second kappa shape index (κ2) is 9.67. The van der Waals surface area contributed by atoms with Crippen LogP contribution in [-0.4, -0.2) is 70.5 Å². The number of hydrogen-bond acceptors (Lipinski definition) is 7. The van der Waals surface area contributed by atoms with Gasteiger partial charge in [0, 0.05) is 31.8 Å². The lowest BCUT2D eigenvalue weighted by atomic mass is 10.1. The highest BCUT2D eigenvalue weighted by Gasteiger charge is 2.35. The molecule has 13 heteroatoms. The Morgan fingerprint density at radius 2 is 1.84 bits per heavy atom. The molecule has 2 rings (SSSR count). The van der Waals surface area contributed by atoms with E-state index >= 15 is 0 Å². The van der Waals surface area contributed by atoms with Crippen LogP contribution >= 0.6 is 23.2 Å². The number of hydrogen-bond donors (Lipinski definition) is 2. The quantitative estimate of drug-likeness (QED) is 0.489. The molecule has 1 aromatic rings. The monoisotopic (exact) mass is 475 g/mol. The molecule has 0 bridgehead atoms. The molecule has 1 aliphatic rings. The zero-order valence-electron chi connectivity index (χ0n) is 17.2. The third kappa shape index (κ3) is 6.68. The van der Waals surface area contributed by atoms with Crippen LogP contribution in [0.25, 0.3) is 0 Å². The van der Waals surface area contributed by atoms with Crippen molar-refractivity contribution >= 4 is 52.5 Å². The average molecular weight is 476 g/mol. The summed E-state index contributed by atoms with van der Waals surface area (Å²) in [4.78, 5) is 49.8. The van der Waals surface area contributed by atoms with Crippen LogP contribution in [0.4, 0.5) is 16.2 Å². The fourth-order valence-electron chi connectivity index (χ4n) is 2.92. The summed E-state index contributed by atoms with van der Waals surface area (Å²) in [5.74, 6) is -1.26. The van der Waals surface area contributed by atoms with E-state index in [-0.39, 0.29) is 47.6 Å².